The Hall–Kier alpha value is -2.39. The lowest BCUT2D eigenvalue weighted by molar-refractivity contribution is -0.274. The van der Waals surface area contributed by atoms with Crippen LogP contribution in [0.3, 0.4) is 0 Å². The van der Waals surface area contributed by atoms with Gasteiger partial charge >= 0.3 is 6.36 Å². The minimum Gasteiger partial charge on any atom is -0.457 e. The number of piperidine rings is 1. The summed E-state index contributed by atoms with van der Waals surface area (Å²) in [6.07, 6.45) is -0.000938. The summed E-state index contributed by atoms with van der Waals surface area (Å²) >= 11 is 1.52. The first-order valence-corrected chi connectivity index (χ1v) is 11.3. The van der Waals surface area contributed by atoms with E-state index in [0.717, 1.165) is 50.1 Å². The first-order chi connectivity index (χ1) is 15.2. The molecule has 0 aromatic heterocycles. The van der Waals surface area contributed by atoms with E-state index < -0.39 is 11.1 Å². The molecule has 2 aromatic carbocycles. The van der Waals surface area contributed by atoms with E-state index in [-0.39, 0.29) is 17.1 Å². The summed E-state index contributed by atoms with van der Waals surface area (Å²) in [6.45, 7) is 1.96. The fourth-order valence-electron chi connectivity index (χ4n) is 4.63. The molecule has 1 amide bonds. The molecule has 2 aromatic rings. The van der Waals surface area contributed by atoms with E-state index in [4.69, 9.17) is 10.5 Å². The number of nitrogens with one attached hydrogen (secondary N) is 1. The molecule has 1 aliphatic heterocycles. The lowest BCUT2D eigenvalue weighted by atomic mass is 9.77. The molecule has 1 unspecified atom stereocenters. The van der Waals surface area contributed by atoms with Gasteiger partial charge in [0.05, 0.1) is 4.75 Å². The number of thioether (sulfide) groups is 1. The molecule has 1 aliphatic carbocycles. The molecule has 5 nitrogen and oxygen atoms in total. The average Bonchev–Trinajstić information content (AvgIpc) is 3.09. The van der Waals surface area contributed by atoms with Crippen LogP contribution in [0.25, 0.3) is 0 Å². The molecule has 2 fully saturated rings. The number of alkyl halides is 3. The quantitative estimate of drug-likeness (QED) is 0.609. The van der Waals surface area contributed by atoms with Crippen molar-refractivity contribution in [1.29, 1.82) is 0 Å². The number of benzene rings is 2. The number of amides is 1. The van der Waals surface area contributed by atoms with Gasteiger partial charge in [0, 0.05) is 4.90 Å². The summed E-state index contributed by atoms with van der Waals surface area (Å²) in [7, 11) is 0. The van der Waals surface area contributed by atoms with Crippen LogP contribution in [0, 0.1) is 5.41 Å². The molecule has 1 heterocycles. The summed E-state index contributed by atoms with van der Waals surface area (Å²) in [5.74, 6) is 0.348. The molecule has 172 valence electrons. The SMILES string of the molecule is NC(=O)C1(Sc2ccc(Oc3ccc(OC(F)(F)F)cc3)cc2)CCC2(CCNCC2)C1. The zero-order valence-electron chi connectivity index (χ0n) is 17.4. The monoisotopic (exact) mass is 466 g/mol. The third-order valence-electron chi connectivity index (χ3n) is 6.26. The van der Waals surface area contributed by atoms with Crippen molar-refractivity contribution in [3.8, 4) is 17.2 Å². The Morgan fingerprint density at radius 3 is 2.03 bits per heavy atom. The maximum Gasteiger partial charge on any atom is 0.573 e. The molecule has 1 atom stereocenters. The minimum atomic E-state index is -4.73. The molecule has 9 heteroatoms. The fourth-order valence-corrected chi connectivity index (χ4v) is 6.03. The van der Waals surface area contributed by atoms with Crippen LogP contribution in [0.4, 0.5) is 13.2 Å². The molecule has 3 N–H and O–H groups in total. The number of primary amides is 1. The predicted octanol–water partition coefficient (Wildman–Crippen LogP) is 5.25. The highest BCUT2D eigenvalue weighted by molar-refractivity contribution is 8.01. The lowest BCUT2D eigenvalue weighted by Gasteiger charge is -2.35. The smallest absolute Gasteiger partial charge is 0.457 e. The first kappa shape index (κ1) is 22.8. The largest absolute Gasteiger partial charge is 0.573 e. The topological polar surface area (TPSA) is 73.6 Å². The van der Waals surface area contributed by atoms with Gasteiger partial charge in [-0.1, -0.05) is 0 Å². The van der Waals surface area contributed by atoms with Crippen molar-refractivity contribution < 1.29 is 27.4 Å². The molecule has 0 bridgehead atoms. The molecule has 0 radical (unpaired) electrons. The van der Waals surface area contributed by atoms with Crippen molar-refractivity contribution in [2.45, 2.75) is 48.1 Å². The Kier molecular flexibility index (Phi) is 6.31. The van der Waals surface area contributed by atoms with E-state index in [0.29, 0.717) is 11.5 Å². The second kappa shape index (κ2) is 8.86. The van der Waals surface area contributed by atoms with Gasteiger partial charge in [0.2, 0.25) is 5.91 Å². The van der Waals surface area contributed by atoms with Crippen LogP contribution in [-0.2, 0) is 4.79 Å². The molecule has 2 aliphatic rings. The number of rotatable bonds is 6. The number of hydrogen-bond donors (Lipinski definition) is 2. The second-order valence-corrected chi connectivity index (χ2v) is 9.94. The van der Waals surface area contributed by atoms with E-state index in [1.165, 1.54) is 36.0 Å². The van der Waals surface area contributed by atoms with Crippen LogP contribution >= 0.6 is 11.8 Å². The van der Waals surface area contributed by atoms with Crippen molar-refractivity contribution in [1.82, 2.24) is 5.32 Å². The molecule has 1 spiro atoms. The summed E-state index contributed by atoms with van der Waals surface area (Å²) in [5.41, 5.74) is 6.07. The van der Waals surface area contributed by atoms with Gasteiger partial charge in [0.1, 0.15) is 17.2 Å². The normalized spacial score (nSPS) is 22.6. The van der Waals surface area contributed by atoms with E-state index >= 15 is 0 Å². The van der Waals surface area contributed by atoms with E-state index in [1.807, 2.05) is 12.1 Å². The van der Waals surface area contributed by atoms with E-state index in [1.54, 1.807) is 12.1 Å². The van der Waals surface area contributed by atoms with Crippen molar-refractivity contribution in [2.75, 3.05) is 13.1 Å². The van der Waals surface area contributed by atoms with Crippen molar-refractivity contribution in [3.05, 3.63) is 48.5 Å². The Balaban J connectivity index is 1.40. The number of carbonyl (C=O) groups is 1. The standard InChI is InChI=1S/C23H25F3N2O3S/c24-23(25,26)31-18-3-1-16(2-4-18)30-17-5-7-19(8-6-17)32-22(20(27)29)10-9-21(15-22)11-13-28-14-12-21/h1-8,28H,9-15H2,(H2,27,29). The van der Waals surface area contributed by atoms with Gasteiger partial charge in [0.15, 0.2) is 0 Å². The third kappa shape index (κ3) is 5.32. The van der Waals surface area contributed by atoms with Gasteiger partial charge in [-0.05, 0) is 99.1 Å². The minimum absolute atomic E-state index is 0.193. The van der Waals surface area contributed by atoms with Crippen LogP contribution in [0.1, 0.15) is 32.1 Å². The van der Waals surface area contributed by atoms with Gasteiger partial charge in [0.25, 0.3) is 0 Å². The second-order valence-electron chi connectivity index (χ2n) is 8.48. The van der Waals surface area contributed by atoms with Gasteiger partial charge in [-0.2, -0.15) is 0 Å². The van der Waals surface area contributed by atoms with Crippen LogP contribution in [-0.4, -0.2) is 30.1 Å². The summed E-state index contributed by atoms with van der Waals surface area (Å²) in [6, 6.07) is 12.5. The summed E-state index contributed by atoms with van der Waals surface area (Å²) in [4.78, 5) is 13.4. The molecular weight excluding hydrogens is 441 g/mol. The van der Waals surface area contributed by atoms with E-state index in [9.17, 15) is 18.0 Å². The van der Waals surface area contributed by atoms with Crippen molar-refractivity contribution in [3.63, 3.8) is 0 Å². The first-order valence-electron chi connectivity index (χ1n) is 10.5. The highest BCUT2D eigenvalue weighted by Crippen LogP contribution is 2.56. The number of halogens is 3. The van der Waals surface area contributed by atoms with E-state index in [2.05, 4.69) is 10.1 Å². The number of carbonyl (C=O) groups excluding carboxylic acids is 1. The number of hydrogen-bond acceptors (Lipinski definition) is 5. The number of nitrogens with two attached hydrogens (primary N) is 1. The van der Waals surface area contributed by atoms with Crippen molar-refractivity contribution in [2.24, 2.45) is 11.1 Å². The highest BCUT2D eigenvalue weighted by atomic mass is 32.2. The maximum absolute atomic E-state index is 12.5. The fraction of sp³-hybridized carbons (Fsp3) is 0.435. The average molecular weight is 467 g/mol. The Bertz CT molecular complexity index is 944. The van der Waals surface area contributed by atoms with Gasteiger partial charge in [-0.15, -0.1) is 24.9 Å². The predicted molar refractivity (Wildman–Crippen MR) is 116 cm³/mol. The Morgan fingerprint density at radius 1 is 0.906 bits per heavy atom. The van der Waals surface area contributed by atoms with Gasteiger partial charge < -0.3 is 20.5 Å². The zero-order valence-corrected chi connectivity index (χ0v) is 18.2. The number of ether oxygens (including phenoxy) is 2. The zero-order chi connectivity index (χ0) is 22.8. The molecular formula is C23H25F3N2O3S. The molecule has 4 rings (SSSR count). The summed E-state index contributed by atoms with van der Waals surface area (Å²) in [5, 5.41) is 3.39. The third-order valence-corrected chi connectivity index (χ3v) is 7.71. The Labute approximate surface area is 188 Å². The molecule has 1 saturated carbocycles. The Morgan fingerprint density at radius 2 is 1.47 bits per heavy atom. The summed E-state index contributed by atoms with van der Waals surface area (Å²) < 4.78 is 45.8. The molecule has 32 heavy (non-hydrogen) atoms. The van der Waals surface area contributed by atoms with Gasteiger partial charge in [-0.25, -0.2) is 0 Å². The highest BCUT2D eigenvalue weighted by Gasteiger charge is 2.52. The van der Waals surface area contributed by atoms with Crippen LogP contribution in [0.15, 0.2) is 53.4 Å². The van der Waals surface area contributed by atoms with Crippen LogP contribution < -0.4 is 20.5 Å². The molecule has 1 saturated heterocycles. The van der Waals surface area contributed by atoms with Crippen LogP contribution in [0.5, 0.6) is 17.2 Å². The maximum atomic E-state index is 12.5. The van der Waals surface area contributed by atoms with Crippen molar-refractivity contribution >= 4 is 17.7 Å². The van der Waals surface area contributed by atoms with Gasteiger partial charge in [-0.3, -0.25) is 4.79 Å². The lowest BCUT2D eigenvalue weighted by Crippen LogP contribution is -2.42. The van der Waals surface area contributed by atoms with Crippen LogP contribution in [0.2, 0.25) is 0 Å².